The molecule has 0 amide bonds. The van der Waals surface area contributed by atoms with Gasteiger partial charge in [-0.25, -0.2) is 0 Å². The van der Waals surface area contributed by atoms with Crippen LogP contribution in [0.5, 0.6) is 0 Å². The van der Waals surface area contributed by atoms with Crippen LogP contribution in [-0.2, 0) is 0 Å². The Kier molecular flexibility index (Phi) is 8.41. The molecule has 3 fully saturated rings. The molecule has 0 aromatic heterocycles. The summed E-state index contributed by atoms with van der Waals surface area (Å²) in [6.45, 7) is 7.63. The Labute approximate surface area is 225 Å². The number of thioether (sulfide) groups is 1. The van der Waals surface area contributed by atoms with Crippen LogP contribution in [0.1, 0.15) is 127 Å². The lowest BCUT2D eigenvalue weighted by Gasteiger charge is -2.58. The summed E-state index contributed by atoms with van der Waals surface area (Å²) in [5, 5.41) is 0.713. The van der Waals surface area contributed by atoms with Crippen LogP contribution in [0.3, 0.4) is 0 Å². The SMILES string of the molecule is CCCCCCCC[C@@H]1CC[C@@H]2[C@@H]3CC=C4C[C@@H](SC(=O)c5ccccc5)CC[C@]4(C)[C@H]3CC[C@]12C. The minimum Gasteiger partial charge on any atom is -0.282 e. The van der Waals surface area contributed by atoms with Crippen LogP contribution in [0.25, 0.3) is 0 Å². The summed E-state index contributed by atoms with van der Waals surface area (Å²) in [6, 6.07) is 9.88. The number of carbonyl (C=O) groups is 1. The maximum absolute atomic E-state index is 12.9. The van der Waals surface area contributed by atoms with Crippen molar-refractivity contribution in [1.29, 1.82) is 0 Å². The summed E-state index contributed by atoms with van der Waals surface area (Å²) >= 11 is 1.61. The van der Waals surface area contributed by atoms with Crippen molar-refractivity contribution >= 4 is 16.9 Å². The Morgan fingerprint density at radius 1 is 0.917 bits per heavy atom. The maximum Gasteiger partial charge on any atom is 0.219 e. The zero-order chi connectivity index (χ0) is 25.2. The molecule has 1 aromatic carbocycles. The third-order valence-corrected chi connectivity index (χ3v) is 12.6. The van der Waals surface area contributed by atoms with Crippen molar-refractivity contribution in [2.75, 3.05) is 0 Å². The highest BCUT2D eigenvalue weighted by Gasteiger charge is 2.58. The van der Waals surface area contributed by atoms with Gasteiger partial charge in [0, 0.05) is 10.8 Å². The summed E-state index contributed by atoms with van der Waals surface area (Å²) in [7, 11) is 0. The van der Waals surface area contributed by atoms with E-state index in [0.717, 1.165) is 35.7 Å². The summed E-state index contributed by atoms with van der Waals surface area (Å²) in [6.07, 6.45) is 23.6. The van der Waals surface area contributed by atoms with Crippen LogP contribution < -0.4 is 0 Å². The number of carbonyl (C=O) groups excluding carboxylic acids is 1. The quantitative estimate of drug-likeness (QED) is 0.245. The summed E-state index contributed by atoms with van der Waals surface area (Å²) in [4.78, 5) is 12.9. The van der Waals surface area contributed by atoms with Crippen LogP contribution in [-0.4, -0.2) is 10.4 Å². The van der Waals surface area contributed by atoms with Crippen molar-refractivity contribution in [2.45, 2.75) is 122 Å². The molecule has 0 N–H and O–H groups in total. The zero-order valence-corrected chi connectivity index (χ0v) is 24.1. The number of rotatable bonds is 9. The highest BCUT2D eigenvalue weighted by molar-refractivity contribution is 8.14. The van der Waals surface area contributed by atoms with Crippen molar-refractivity contribution < 1.29 is 4.79 Å². The van der Waals surface area contributed by atoms with Gasteiger partial charge in [0.15, 0.2) is 0 Å². The van der Waals surface area contributed by atoms with Gasteiger partial charge in [-0.3, -0.25) is 4.79 Å². The predicted molar refractivity (Wildman–Crippen MR) is 155 cm³/mol. The van der Waals surface area contributed by atoms with Crippen molar-refractivity contribution in [3.05, 3.63) is 47.5 Å². The predicted octanol–water partition coefficient (Wildman–Crippen LogP) is 10.3. The smallest absolute Gasteiger partial charge is 0.219 e. The number of unbranched alkanes of at least 4 members (excludes halogenated alkanes) is 5. The molecule has 0 radical (unpaired) electrons. The number of hydrogen-bond donors (Lipinski definition) is 0. The monoisotopic (exact) mass is 506 g/mol. The van der Waals surface area contributed by atoms with Gasteiger partial charge in [-0.05, 0) is 92.3 Å². The van der Waals surface area contributed by atoms with E-state index < -0.39 is 0 Å². The first-order valence-corrected chi connectivity index (χ1v) is 16.3. The van der Waals surface area contributed by atoms with Gasteiger partial charge in [-0.2, -0.15) is 0 Å². The van der Waals surface area contributed by atoms with E-state index in [0.29, 0.717) is 16.1 Å². The molecule has 0 spiro atoms. The van der Waals surface area contributed by atoms with E-state index in [4.69, 9.17) is 0 Å². The number of hydrogen-bond acceptors (Lipinski definition) is 2. The summed E-state index contributed by atoms with van der Waals surface area (Å²) in [5.74, 6) is 3.70. The standard InChI is InChI=1S/C34H50OS/c1-4-5-6-7-8-12-15-26-17-19-30-29-18-16-27-24-28(36-32(35)25-13-10-9-11-14-25)20-22-34(27,3)31(29)21-23-33(26,30)2/h9-11,13-14,16,26,28-31H,4-8,12,15,17-24H2,1-3H3/t26-,28+,29+,30-,31+,33-,34+/m1/s1. The first-order valence-electron chi connectivity index (χ1n) is 15.4. The van der Waals surface area contributed by atoms with Crippen molar-refractivity contribution in [3.63, 3.8) is 0 Å². The van der Waals surface area contributed by atoms with Crippen molar-refractivity contribution in [3.8, 4) is 0 Å². The van der Waals surface area contributed by atoms with Gasteiger partial charge in [0.1, 0.15) is 0 Å². The molecule has 7 atom stereocenters. The lowest BCUT2D eigenvalue weighted by molar-refractivity contribution is -0.0421. The van der Waals surface area contributed by atoms with Crippen LogP contribution in [0, 0.1) is 34.5 Å². The Balaban J connectivity index is 1.20. The van der Waals surface area contributed by atoms with Gasteiger partial charge >= 0.3 is 0 Å². The molecule has 0 bridgehead atoms. The molecule has 0 unspecified atom stereocenters. The summed E-state index contributed by atoms with van der Waals surface area (Å²) in [5.41, 5.74) is 3.55. The summed E-state index contributed by atoms with van der Waals surface area (Å²) < 4.78 is 0. The fourth-order valence-electron chi connectivity index (χ4n) is 9.28. The minimum atomic E-state index is 0.259. The third-order valence-electron chi connectivity index (χ3n) is 11.4. The molecular formula is C34H50OS. The van der Waals surface area contributed by atoms with Crippen molar-refractivity contribution in [2.24, 2.45) is 34.5 Å². The van der Waals surface area contributed by atoms with Crippen molar-refractivity contribution in [1.82, 2.24) is 0 Å². The number of fused-ring (bicyclic) bond motifs is 5. The van der Waals surface area contributed by atoms with E-state index in [9.17, 15) is 4.79 Å². The van der Waals surface area contributed by atoms with Gasteiger partial charge < -0.3 is 0 Å². The first kappa shape index (κ1) is 26.6. The average Bonchev–Trinajstić information content (AvgIpc) is 3.23. The average molecular weight is 507 g/mol. The molecule has 4 aliphatic rings. The van der Waals surface area contributed by atoms with Gasteiger partial charge in [0.25, 0.3) is 0 Å². The molecule has 4 aliphatic carbocycles. The largest absolute Gasteiger partial charge is 0.282 e. The zero-order valence-electron chi connectivity index (χ0n) is 23.3. The van der Waals surface area contributed by atoms with E-state index in [1.165, 1.54) is 89.9 Å². The first-order chi connectivity index (χ1) is 17.5. The van der Waals surface area contributed by atoms with Gasteiger partial charge in [0.05, 0.1) is 0 Å². The van der Waals surface area contributed by atoms with Crippen LogP contribution in [0.15, 0.2) is 42.0 Å². The second kappa shape index (κ2) is 11.4. The molecule has 0 aliphatic heterocycles. The molecule has 3 saturated carbocycles. The molecule has 36 heavy (non-hydrogen) atoms. The fourth-order valence-corrected chi connectivity index (χ4v) is 10.3. The van der Waals surface area contributed by atoms with Crippen LogP contribution >= 0.6 is 11.8 Å². The Morgan fingerprint density at radius 3 is 2.50 bits per heavy atom. The molecule has 2 heteroatoms. The third kappa shape index (κ3) is 5.14. The minimum absolute atomic E-state index is 0.259. The Bertz CT molecular complexity index is 920. The van der Waals surface area contributed by atoms with E-state index >= 15 is 0 Å². The lowest BCUT2D eigenvalue weighted by atomic mass is 9.47. The van der Waals surface area contributed by atoms with E-state index in [-0.39, 0.29) is 5.12 Å². The van der Waals surface area contributed by atoms with Crippen LogP contribution in [0.2, 0.25) is 0 Å². The van der Waals surface area contributed by atoms with Gasteiger partial charge in [0.2, 0.25) is 5.12 Å². The second-order valence-electron chi connectivity index (χ2n) is 13.3. The van der Waals surface area contributed by atoms with Gasteiger partial charge in [-0.1, -0.05) is 113 Å². The Morgan fingerprint density at radius 2 is 1.69 bits per heavy atom. The molecule has 0 heterocycles. The molecule has 1 nitrogen and oxygen atoms in total. The molecule has 0 saturated heterocycles. The van der Waals surface area contributed by atoms with Gasteiger partial charge in [-0.15, -0.1) is 0 Å². The van der Waals surface area contributed by atoms with E-state index in [1.54, 1.807) is 17.3 Å². The topological polar surface area (TPSA) is 17.1 Å². The van der Waals surface area contributed by atoms with E-state index in [2.05, 4.69) is 26.8 Å². The van der Waals surface area contributed by atoms with Crippen LogP contribution in [0.4, 0.5) is 0 Å². The molecule has 1 aromatic rings. The number of allylic oxidation sites excluding steroid dienone is 2. The Hall–Kier alpha value is -1.02. The normalized spacial score (nSPS) is 37.5. The fraction of sp³-hybridized carbons (Fsp3) is 0.735. The molecule has 198 valence electrons. The van der Waals surface area contributed by atoms with E-state index in [1.807, 2.05) is 30.3 Å². The lowest BCUT2D eigenvalue weighted by Crippen LogP contribution is -2.50. The maximum atomic E-state index is 12.9. The number of benzene rings is 1. The second-order valence-corrected chi connectivity index (χ2v) is 14.5. The highest BCUT2D eigenvalue weighted by Crippen LogP contribution is 2.67. The molecule has 5 rings (SSSR count). The molecular weight excluding hydrogens is 456 g/mol. The highest BCUT2D eigenvalue weighted by atomic mass is 32.2.